The molecule has 2 heterocycles. The molecule has 1 aliphatic rings. The lowest BCUT2D eigenvalue weighted by molar-refractivity contribution is 0.242. The average Bonchev–Trinajstić information content (AvgIpc) is 2.39. The van der Waals surface area contributed by atoms with Gasteiger partial charge in [0.1, 0.15) is 0 Å². The Bertz CT molecular complexity index is 548. The van der Waals surface area contributed by atoms with Crippen LogP contribution in [0, 0.1) is 11.7 Å². The molecule has 0 aromatic carbocycles. The monoisotopic (exact) mass is 287 g/mol. The van der Waals surface area contributed by atoms with E-state index in [-0.39, 0.29) is 12.0 Å². The smallest absolute Gasteiger partial charge is 0.263 e. The lowest BCUT2D eigenvalue weighted by Gasteiger charge is -2.33. The van der Waals surface area contributed by atoms with Crippen molar-refractivity contribution in [2.75, 3.05) is 13.1 Å². The normalized spacial score (nSPS) is 23.2. The first-order valence-corrected chi connectivity index (χ1v) is 7.73. The molecule has 0 saturated carbocycles. The van der Waals surface area contributed by atoms with Gasteiger partial charge in [-0.25, -0.2) is 17.8 Å². The van der Waals surface area contributed by atoms with Crippen LogP contribution < -0.4 is 5.73 Å². The summed E-state index contributed by atoms with van der Waals surface area (Å²) >= 11 is 0. The molecule has 0 spiro atoms. The Labute approximate surface area is 112 Å². The predicted octanol–water partition coefficient (Wildman–Crippen LogP) is 0.969. The van der Waals surface area contributed by atoms with E-state index in [2.05, 4.69) is 4.98 Å². The number of pyridine rings is 1. The van der Waals surface area contributed by atoms with Gasteiger partial charge >= 0.3 is 0 Å². The second-order valence-electron chi connectivity index (χ2n) is 4.91. The van der Waals surface area contributed by atoms with E-state index in [0.717, 1.165) is 18.9 Å². The first-order chi connectivity index (χ1) is 8.93. The van der Waals surface area contributed by atoms with E-state index < -0.39 is 20.9 Å². The summed E-state index contributed by atoms with van der Waals surface area (Å²) in [5, 5.41) is -0.500. The molecule has 1 fully saturated rings. The Kier molecular flexibility index (Phi) is 4.17. The van der Waals surface area contributed by atoms with Crippen molar-refractivity contribution in [2.45, 2.75) is 30.8 Å². The Morgan fingerprint density at radius 3 is 2.95 bits per heavy atom. The van der Waals surface area contributed by atoms with Crippen LogP contribution in [0.25, 0.3) is 0 Å². The average molecular weight is 287 g/mol. The van der Waals surface area contributed by atoms with E-state index >= 15 is 0 Å². The fourth-order valence-corrected chi connectivity index (χ4v) is 3.82. The highest BCUT2D eigenvalue weighted by Gasteiger charge is 2.33. The van der Waals surface area contributed by atoms with Crippen molar-refractivity contribution in [2.24, 2.45) is 11.7 Å². The highest BCUT2D eigenvalue weighted by atomic mass is 32.2. The quantitative estimate of drug-likeness (QED) is 0.898. The summed E-state index contributed by atoms with van der Waals surface area (Å²) in [4.78, 5) is 3.66. The van der Waals surface area contributed by atoms with E-state index in [1.54, 1.807) is 0 Å². The molecule has 2 rings (SSSR count). The molecule has 1 aromatic rings. The molecule has 5 nitrogen and oxygen atoms in total. The summed E-state index contributed by atoms with van der Waals surface area (Å²) in [7, 11) is -3.87. The Morgan fingerprint density at radius 2 is 2.32 bits per heavy atom. The standard InChI is InChI=1S/C12H18FN3O2S/c1-9(14)10-4-3-7-16(8-10)19(17,18)12-11(13)5-2-6-15-12/h2,5-6,9-10H,3-4,7-8,14H2,1H3. The van der Waals surface area contributed by atoms with Gasteiger partial charge < -0.3 is 5.73 Å². The van der Waals surface area contributed by atoms with E-state index in [9.17, 15) is 12.8 Å². The molecule has 1 aliphatic heterocycles. The molecule has 1 saturated heterocycles. The van der Waals surface area contributed by atoms with Crippen LogP contribution in [0.1, 0.15) is 19.8 Å². The number of nitrogens with zero attached hydrogens (tertiary/aromatic N) is 2. The van der Waals surface area contributed by atoms with E-state index in [4.69, 9.17) is 5.73 Å². The van der Waals surface area contributed by atoms with Gasteiger partial charge in [-0.2, -0.15) is 4.31 Å². The molecule has 106 valence electrons. The summed E-state index contributed by atoms with van der Waals surface area (Å²) in [6, 6.07) is 2.40. The number of hydrogen-bond donors (Lipinski definition) is 1. The zero-order chi connectivity index (χ0) is 14.0. The van der Waals surface area contributed by atoms with Crippen molar-refractivity contribution >= 4 is 10.0 Å². The molecule has 2 unspecified atom stereocenters. The molecule has 7 heteroatoms. The molecule has 0 amide bonds. The van der Waals surface area contributed by atoms with Crippen LogP contribution in [-0.2, 0) is 10.0 Å². The second kappa shape index (κ2) is 5.52. The van der Waals surface area contributed by atoms with Crippen molar-refractivity contribution in [1.82, 2.24) is 9.29 Å². The Morgan fingerprint density at radius 1 is 1.58 bits per heavy atom. The van der Waals surface area contributed by atoms with Crippen LogP contribution in [0.4, 0.5) is 4.39 Å². The van der Waals surface area contributed by atoms with Crippen LogP contribution in [0.2, 0.25) is 0 Å². The third-order valence-electron chi connectivity index (χ3n) is 3.47. The minimum absolute atomic E-state index is 0.0772. The van der Waals surface area contributed by atoms with Gasteiger partial charge in [-0.3, -0.25) is 0 Å². The third-order valence-corrected chi connectivity index (χ3v) is 5.27. The third kappa shape index (κ3) is 2.93. The van der Waals surface area contributed by atoms with Gasteiger partial charge in [0.25, 0.3) is 10.0 Å². The lowest BCUT2D eigenvalue weighted by atomic mass is 9.93. The minimum atomic E-state index is -3.87. The summed E-state index contributed by atoms with van der Waals surface area (Å²) in [6.45, 7) is 2.58. The molecular formula is C12H18FN3O2S. The van der Waals surface area contributed by atoms with Crippen LogP contribution in [0.15, 0.2) is 23.4 Å². The first kappa shape index (κ1) is 14.4. The van der Waals surface area contributed by atoms with Gasteiger partial charge in [0, 0.05) is 25.3 Å². The van der Waals surface area contributed by atoms with E-state index in [0.29, 0.717) is 13.1 Å². The topological polar surface area (TPSA) is 76.3 Å². The predicted molar refractivity (Wildman–Crippen MR) is 69.3 cm³/mol. The van der Waals surface area contributed by atoms with Crippen molar-refractivity contribution < 1.29 is 12.8 Å². The fraction of sp³-hybridized carbons (Fsp3) is 0.583. The van der Waals surface area contributed by atoms with Gasteiger partial charge in [0.2, 0.25) is 5.03 Å². The summed E-state index contributed by atoms with van der Waals surface area (Å²) in [5.41, 5.74) is 5.83. The summed E-state index contributed by atoms with van der Waals surface area (Å²) in [6.07, 6.45) is 2.91. The van der Waals surface area contributed by atoms with Crippen molar-refractivity contribution in [3.8, 4) is 0 Å². The van der Waals surface area contributed by atoms with Gasteiger partial charge in [-0.05, 0) is 37.8 Å². The van der Waals surface area contributed by atoms with Gasteiger partial charge in [-0.15, -0.1) is 0 Å². The SMILES string of the molecule is CC(N)C1CCCN(S(=O)(=O)c2ncccc2F)C1. The molecular weight excluding hydrogens is 269 g/mol. The molecule has 0 bridgehead atoms. The molecule has 1 aromatic heterocycles. The molecule has 2 N–H and O–H groups in total. The maximum absolute atomic E-state index is 13.6. The largest absolute Gasteiger partial charge is 0.328 e. The van der Waals surface area contributed by atoms with Crippen LogP contribution in [-0.4, -0.2) is 36.8 Å². The van der Waals surface area contributed by atoms with Gasteiger partial charge in [0.15, 0.2) is 5.82 Å². The van der Waals surface area contributed by atoms with Gasteiger partial charge in [-0.1, -0.05) is 0 Å². The number of aromatic nitrogens is 1. The number of rotatable bonds is 3. The van der Waals surface area contributed by atoms with Crippen molar-refractivity contribution in [3.63, 3.8) is 0 Å². The number of nitrogens with two attached hydrogens (primary N) is 1. The number of piperidine rings is 1. The lowest BCUT2D eigenvalue weighted by Crippen LogP contribution is -2.45. The molecule has 0 aliphatic carbocycles. The van der Waals surface area contributed by atoms with Crippen LogP contribution in [0.3, 0.4) is 0 Å². The highest BCUT2D eigenvalue weighted by molar-refractivity contribution is 7.89. The van der Waals surface area contributed by atoms with Crippen LogP contribution >= 0.6 is 0 Å². The summed E-state index contributed by atoms with van der Waals surface area (Å²) in [5.74, 6) is -0.708. The summed E-state index contributed by atoms with van der Waals surface area (Å²) < 4.78 is 39.6. The maximum Gasteiger partial charge on any atom is 0.263 e. The molecule has 19 heavy (non-hydrogen) atoms. The second-order valence-corrected chi connectivity index (χ2v) is 6.77. The Balaban J connectivity index is 2.28. The van der Waals surface area contributed by atoms with Crippen molar-refractivity contribution in [3.05, 3.63) is 24.1 Å². The van der Waals surface area contributed by atoms with Gasteiger partial charge in [0.05, 0.1) is 0 Å². The zero-order valence-electron chi connectivity index (χ0n) is 10.8. The number of hydrogen-bond acceptors (Lipinski definition) is 4. The minimum Gasteiger partial charge on any atom is -0.328 e. The molecule has 0 radical (unpaired) electrons. The van der Waals surface area contributed by atoms with E-state index in [1.165, 1.54) is 16.6 Å². The van der Waals surface area contributed by atoms with Crippen LogP contribution in [0.5, 0.6) is 0 Å². The number of halogens is 1. The zero-order valence-corrected chi connectivity index (χ0v) is 11.6. The molecule has 2 atom stereocenters. The first-order valence-electron chi connectivity index (χ1n) is 6.29. The maximum atomic E-state index is 13.6. The number of sulfonamides is 1. The van der Waals surface area contributed by atoms with E-state index in [1.807, 2.05) is 6.92 Å². The Hall–Kier alpha value is -1.05. The van der Waals surface area contributed by atoms with Crippen molar-refractivity contribution in [1.29, 1.82) is 0 Å². The fourth-order valence-electron chi connectivity index (χ4n) is 2.30. The highest BCUT2D eigenvalue weighted by Crippen LogP contribution is 2.25.